The highest BCUT2D eigenvalue weighted by molar-refractivity contribution is 5.79. The van der Waals surface area contributed by atoms with Crippen molar-refractivity contribution in [1.29, 1.82) is 5.26 Å². The summed E-state index contributed by atoms with van der Waals surface area (Å²) in [5.41, 5.74) is 0.821. The van der Waals surface area contributed by atoms with Gasteiger partial charge in [0, 0.05) is 0 Å². The van der Waals surface area contributed by atoms with Crippen molar-refractivity contribution in [2.45, 2.75) is 6.04 Å². The first-order valence-electron chi connectivity index (χ1n) is 5.48. The number of nitriles is 1. The Bertz CT molecular complexity index is 622. The lowest BCUT2D eigenvalue weighted by atomic mass is 10.1. The molecule has 0 fully saturated rings. The number of aliphatic carboxylic acids is 1. The molecule has 1 unspecified atom stereocenters. The molecule has 2 N–H and O–H groups in total. The molecule has 0 saturated heterocycles. The largest absolute Gasteiger partial charge is 0.479 e. The van der Waals surface area contributed by atoms with E-state index < -0.39 is 12.0 Å². The molecule has 94 valence electrons. The van der Waals surface area contributed by atoms with Crippen molar-refractivity contribution in [1.82, 2.24) is 10.2 Å². The number of rotatable bonds is 4. The molecule has 0 spiro atoms. The number of carboxylic acids is 1. The van der Waals surface area contributed by atoms with Gasteiger partial charge in [0.25, 0.3) is 0 Å². The Kier molecular flexibility index (Phi) is 3.69. The molecule has 19 heavy (non-hydrogen) atoms. The number of aromatic nitrogens is 2. The monoisotopic (exact) mass is 254 g/mol. The van der Waals surface area contributed by atoms with E-state index in [1.807, 2.05) is 6.07 Å². The van der Waals surface area contributed by atoms with E-state index in [2.05, 4.69) is 15.5 Å². The Labute approximate surface area is 109 Å². The SMILES string of the molecule is N#Cc1ccnnc1NC(C(=O)O)c1ccccc1. The number of nitrogens with zero attached hydrogens (tertiary/aromatic N) is 3. The molecule has 6 nitrogen and oxygen atoms in total. The Morgan fingerprint density at radius 1 is 1.32 bits per heavy atom. The lowest BCUT2D eigenvalue weighted by Gasteiger charge is -2.15. The Morgan fingerprint density at radius 2 is 2.05 bits per heavy atom. The maximum absolute atomic E-state index is 11.3. The molecule has 1 atom stereocenters. The zero-order valence-electron chi connectivity index (χ0n) is 9.82. The lowest BCUT2D eigenvalue weighted by Crippen LogP contribution is -2.21. The fourth-order valence-electron chi connectivity index (χ4n) is 1.60. The summed E-state index contributed by atoms with van der Waals surface area (Å²) in [7, 11) is 0. The molecule has 0 saturated carbocycles. The summed E-state index contributed by atoms with van der Waals surface area (Å²) >= 11 is 0. The quantitative estimate of drug-likeness (QED) is 0.859. The van der Waals surface area contributed by atoms with Gasteiger partial charge in [0.1, 0.15) is 6.07 Å². The molecule has 0 aliphatic rings. The second-order valence-corrected chi connectivity index (χ2v) is 3.73. The number of nitrogens with one attached hydrogen (secondary N) is 1. The van der Waals surface area contributed by atoms with Crippen LogP contribution in [-0.2, 0) is 4.79 Å². The molecule has 2 aromatic rings. The number of anilines is 1. The van der Waals surface area contributed by atoms with Crippen molar-refractivity contribution in [3.8, 4) is 6.07 Å². The topological polar surface area (TPSA) is 98.9 Å². The van der Waals surface area contributed by atoms with Crippen molar-refractivity contribution in [3.05, 3.63) is 53.7 Å². The van der Waals surface area contributed by atoms with Crippen molar-refractivity contribution < 1.29 is 9.90 Å². The van der Waals surface area contributed by atoms with Crippen LogP contribution >= 0.6 is 0 Å². The Morgan fingerprint density at radius 3 is 2.68 bits per heavy atom. The van der Waals surface area contributed by atoms with Gasteiger partial charge in [-0.2, -0.15) is 10.4 Å². The van der Waals surface area contributed by atoms with Crippen molar-refractivity contribution >= 4 is 11.8 Å². The zero-order valence-corrected chi connectivity index (χ0v) is 9.82. The van der Waals surface area contributed by atoms with Crippen LogP contribution in [0.3, 0.4) is 0 Å². The average molecular weight is 254 g/mol. The third kappa shape index (κ3) is 2.84. The second-order valence-electron chi connectivity index (χ2n) is 3.73. The van der Waals surface area contributed by atoms with Crippen molar-refractivity contribution in [2.75, 3.05) is 5.32 Å². The first-order chi connectivity index (χ1) is 9.22. The van der Waals surface area contributed by atoms with Gasteiger partial charge in [-0.05, 0) is 11.6 Å². The van der Waals surface area contributed by atoms with Crippen LogP contribution in [0.1, 0.15) is 17.2 Å². The fourth-order valence-corrected chi connectivity index (χ4v) is 1.60. The van der Waals surface area contributed by atoms with Crippen LogP contribution in [0.15, 0.2) is 42.6 Å². The average Bonchev–Trinajstić information content (AvgIpc) is 2.45. The summed E-state index contributed by atoms with van der Waals surface area (Å²) < 4.78 is 0. The van der Waals surface area contributed by atoms with Gasteiger partial charge < -0.3 is 10.4 Å². The third-order valence-electron chi connectivity index (χ3n) is 2.50. The minimum atomic E-state index is -1.05. The van der Waals surface area contributed by atoms with Gasteiger partial charge in [-0.3, -0.25) is 0 Å². The van der Waals surface area contributed by atoms with E-state index in [9.17, 15) is 9.90 Å². The normalized spacial score (nSPS) is 11.3. The van der Waals surface area contributed by atoms with E-state index in [-0.39, 0.29) is 11.4 Å². The highest BCUT2D eigenvalue weighted by Gasteiger charge is 2.21. The van der Waals surface area contributed by atoms with Gasteiger partial charge >= 0.3 is 5.97 Å². The van der Waals surface area contributed by atoms with E-state index in [0.29, 0.717) is 5.56 Å². The van der Waals surface area contributed by atoms with E-state index in [1.54, 1.807) is 30.3 Å². The van der Waals surface area contributed by atoms with Gasteiger partial charge in [-0.15, -0.1) is 5.10 Å². The van der Waals surface area contributed by atoms with Gasteiger partial charge in [-0.25, -0.2) is 4.79 Å². The van der Waals surface area contributed by atoms with Gasteiger partial charge in [0.15, 0.2) is 11.9 Å². The number of hydrogen-bond donors (Lipinski definition) is 2. The maximum atomic E-state index is 11.3. The van der Waals surface area contributed by atoms with Crippen LogP contribution in [0.25, 0.3) is 0 Å². The fraction of sp³-hybridized carbons (Fsp3) is 0.0769. The number of carboxylic acid groups (broad SMARTS) is 1. The number of hydrogen-bond acceptors (Lipinski definition) is 5. The summed E-state index contributed by atoms with van der Waals surface area (Å²) in [6, 6.07) is 11.1. The zero-order chi connectivity index (χ0) is 13.7. The van der Waals surface area contributed by atoms with Crippen LogP contribution in [0.4, 0.5) is 5.82 Å². The smallest absolute Gasteiger partial charge is 0.330 e. The second kappa shape index (κ2) is 5.60. The van der Waals surface area contributed by atoms with Gasteiger partial charge in [0.2, 0.25) is 0 Å². The van der Waals surface area contributed by atoms with Crippen LogP contribution in [0.5, 0.6) is 0 Å². The lowest BCUT2D eigenvalue weighted by molar-refractivity contribution is -0.138. The van der Waals surface area contributed by atoms with Gasteiger partial charge in [-0.1, -0.05) is 30.3 Å². The van der Waals surface area contributed by atoms with Crippen LogP contribution in [0.2, 0.25) is 0 Å². The Hall–Kier alpha value is -2.94. The molecule has 0 bridgehead atoms. The summed E-state index contributed by atoms with van der Waals surface area (Å²) in [5, 5.41) is 28.3. The number of carbonyl (C=O) groups is 1. The first kappa shape index (κ1) is 12.5. The molecule has 1 aromatic heterocycles. The maximum Gasteiger partial charge on any atom is 0.330 e. The first-order valence-corrected chi connectivity index (χ1v) is 5.48. The summed E-state index contributed by atoms with van der Waals surface area (Å²) in [5.74, 6) is -0.901. The molecule has 0 aliphatic heterocycles. The minimum Gasteiger partial charge on any atom is -0.479 e. The highest BCUT2D eigenvalue weighted by Crippen LogP contribution is 2.20. The standard InChI is InChI=1S/C13H10N4O2/c14-8-10-6-7-15-17-12(10)16-11(13(18)19)9-4-2-1-3-5-9/h1-7,11H,(H,16,17)(H,18,19). The Balaban J connectivity index is 2.33. The number of benzene rings is 1. The molecule has 0 radical (unpaired) electrons. The highest BCUT2D eigenvalue weighted by atomic mass is 16.4. The van der Waals surface area contributed by atoms with E-state index in [4.69, 9.17) is 5.26 Å². The van der Waals surface area contributed by atoms with E-state index >= 15 is 0 Å². The summed E-state index contributed by atoms with van der Waals surface area (Å²) in [4.78, 5) is 11.3. The van der Waals surface area contributed by atoms with E-state index in [0.717, 1.165) is 0 Å². The minimum absolute atomic E-state index is 0.154. The molecule has 6 heteroatoms. The van der Waals surface area contributed by atoms with Crippen molar-refractivity contribution in [3.63, 3.8) is 0 Å². The molecule has 1 heterocycles. The van der Waals surface area contributed by atoms with Crippen molar-refractivity contribution in [2.24, 2.45) is 0 Å². The summed E-state index contributed by atoms with van der Waals surface area (Å²) in [6.07, 6.45) is 1.38. The van der Waals surface area contributed by atoms with Crippen LogP contribution < -0.4 is 5.32 Å². The molecular weight excluding hydrogens is 244 g/mol. The van der Waals surface area contributed by atoms with E-state index in [1.165, 1.54) is 12.3 Å². The molecule has 2 rings (SSSR count). The molecule has 0 amide bonds. The third-order valence-corrected chi connectivity index (χ3v) is 2.50. The molecular formula is C13H10N4O2. The van der Waals surface area contributed by atoms with Crippen LogP contribution in [0, 0.1) is 11.3 Å². The summed E-state index contributed by atoms with van der Waals surface area (Å²) in [6.45, 7) is 0. The van der Waals surface area contributed by atoms with Gasteiger partial charge in [0.05, 0.1) is 11.8 Å². The van der Waals surface area contributed by atoms with Crippen LogP contribution in [-0.4, -0.2) is 21.3 Å². The molecule has 1 aromatic carbocycles. The predicted octanol–water partition coefficient (Wildman–Crippen LogP) is 1.59. The predicted molar refractivity (Wildman–Crippen MR) is 67.2 cm³/mol. The molecule has 0 aliphatic carbocycles.